The van der Waals surface area contributed by atoms with E-state index in [2.05, 4.69) is 36.9 Å². The number of hydrogen-bond donors (Lipinski definition) is 1. The average Bonchev–Trinajstić information content (AvgIpc) is 2.63. The van der Waals surface area contributed by atoms with Gasteiger partial charge in [0.15, 0.2) is 0 Å². The van der Waals surface area contributed by atoms with Crippen LogP contribution >= 0.6 is 0 Å². The van der Waals surface area contributed by atoms with Crippen LogP contribution in [0.1, 0.15) is 27.0 Å². The van der Waals surface area contributed by atoms with Gasteiger partial charge >= 0.3 is 5.97 Å². The van der Waals surface area contributed by atoms with E-state index in [1.165, 1.54) is 5.56 Å². The summed E-state index contributed by atoms with van der Waals surface area (Å²) in [5.41, 5.74) is 5.50. The smallest absolute Gasteiger partial charge is 0.337 e. The van der Waals surface area contributed by atoms with Crippen LogP contribution in [0.4, 0.5) is 11.4 Å². The monoisotopic (exact) mass is 331 g/mol. The molecular formula is C22H21NO2. The number of nitrogens with zero attached hydrogens (tertiary/aromatic N) is 1. The topological polar surface area (TPSA) is 40.5 Å². The molecule has 0 fully saturated rings. The lowest BCUT2D eigenvalue weighted by atomic mass is 10.0. The highest BCUT2D eigenvalue weighted by Gasteiger charge is 2.19. The summed E-state index contributed by atoms with van der Waals surface area (Å²) >= 11 is 0. The molecule has 3 heteroatoms. The zero-order chi connectivity index (χ0) is 17.8. The molecule has 0 amide bonds. The van der Waals surface area contributed by atoms with Gasteiger partial charge in [0.25, 0.3) is 0 Å². The Balaban J connectivity index is 2.16. The number of rotatable bonds is 5. The maximum Gasteiger partial charge on any atom is 0.337 e. The van der Waals surface area contributed by atoms with Crippen LogP contribution in [0.25, 0.3) is 0 Å². The van der Waals surface area contributed by atoms with Crippen LogP contribution in [-0.2, 0) is 6.54 Å². The largest absolute Gasteiger partial charge is 0.478 e. The van der Waals surface area contributed by atoms with E-state index < -0.39 is 5.97 Å². The molecule has 25 heavy (non-hydrogen) atoms. The van der Waals surface area contributed by atoms with Gasteiger partial charge in [-0.05, 0) is 48.7 Å². The predicted octanol–water partition coefficient (Wildman–Crippen LogP) is 5.34. The van der Waals surface area contributed by atoms with Crippen molar-refractivity contribution in [2.24, 2.45) is 0 Å². The Morgan fingerprint density at radius 3 is 2.20 bits per heavy atom. The van der Waals surface area contributed by atoms with E-state index in [-0.39, 0.29) is 0 Å². The fraction of sp³-hybridized carbons (Fsp3) is 0.136. The maximum absolute atomic E-state index is 11.7. The summed E-state index contributed by atoms with van der Waals surface area (Å²) in [6.45, 7) is 4.75. The van der Waals surface area contributed by atoms with Gasteiger partial charge in [-0.15, -0.1) is 0 Å². The molecule has 3 rings (SSSR count). The normalized spacial score (nSPS) is 10.5. The first-order valence-corrected chi connectivity index (χ1v) is 8.28. The van der Waals surface area contributed by atoms with Crippen LogP contribution < -0.4 is 4.90 Å². The summed E-state index contributed by atoms with van der Waals surface area (Å²) in [7, 11) is 0. The van der Waals surface area contributed by atoms with Gasteiger partial charge in [-0.1, -0.05) is 54.6 Å². The number of anilines is 2. The summed E-state index contributed by atoms with van der Waals surface area (Å²) in [6.07, 6.45) is 0. The zero-order valence-electron chi connectivity index (χ0n) is 14.4. The fourth-order valence-corrected chi connectivity index (χ4v) is 2.98. The van der Waals surface area contributed by atoms with Gasteiger partial charge in [0, 0.05) is 12.2 Å². The van der Waals surface area contributed by atoms with Crippen molar-refractivity contribution < 1.29 is 9.90 Å². The number of carbonyl (C=O) groups is 1. The second kappa shape index (κ2) is 7.22. The maximum atomic E-state index is 11.7. The number of carboxylic acids is 1. The molecule has 3 aromatic carbocycles. The number of aromatic carboxylic acids is 1. The molecule has 126 valence electrons. The van der Waals surface area contributed by atoms with Gasteiger partial charge in [0.05, 0.1) is 11.3 Å². The number of carboxylic acid groups (broad SMARTS) is 1. The van der Waals surface area contributed by atoms with Crippen LogP contribution in [0.3, 0.4) is 0 Å². The SMILES string of the molecule is Cc1cccc(N(Cc2ccccc2)c2ccccc2C(=O)O)c1C. The summed E-state index contributed by atoms with van der Waals surface area (Å²) in [6, 6.07) is 23.4. The van der Waals surface area contributed by atoms with Crippen molar-refractivity contribution in [1.29, 1.82) is 0 Å². The standard InChI is InChI=1S/C22H21NO2/c1-16-9-8-14-20(17(16)2)23(15-18-10-4-3-5-11-18)21-13-7-6-12-19(21)22(24)25/h3-14H,15H2,1-2H3,(H,24,25). The van der Waals surface area contributed by atoms with Crippen LogP contribution in [0.5, 0.6) is 0 Å². The molecule has 0 saturated carbocycles. The molecule has 0 heterocycles. The van der Waals surface area contributed by atoms with Crippen LogP contribution in [0.2, 0.25) is 0 Å². The lowest BCUT2D eigenvalue weighted by Gasteiger charge is -2.28. The Hall–Kier alpha value is -3.07. The third-order valence-electron chi connectivity index (χ3n) is 4.48. The summed E-state index contributed by atoms with van der Waals surface area (Å²) in [5.74, 6) is -0.918. The molecule has 0 unspecified atom stereocenters. The highest BCUT2D eigenvalue weighted by molar-refractivity contribution is 5.95. The molecule has 0 aliphatic carbocycles. The molecule has 0 aliphatic heterocycles. The van der Waals surface area contributed by atoms with Crippen molar-refractivity contribution in [3.8, 4) is 0 Å². The fourth-order valence-electron chi connectivity index (χ4n) is 2.98. The predicted molar refractivity (Wildman–Crippen MR) is 102 cm³/mol. The molecule has 0 aliphatic rings. The van der Waals surface area contributed by atoms with E-state index in [1.807, 2.05) is 42.5 Å². The highest BCUT2D eigenvalue weighted by Crippen LogP contribution is 2.33. The molecule has 3 aromatic rings. The van der Waals surface area contributed by atoms with Gasteiger partial charge in [-0.25, -0.2) is 4.79 Å². The average molecular weight is 331 g/mol. The van der Waals surface area contributed by atoms with E-state index in [9.17, 15) is 9.90 Å². The lowest BCUT2D eigenvalue weighted by Crippen LogP contribution is -2.20. The first kappa shape index (κ1) is 16.8. The van der Waals surface area contributed by atoms with Gasteiger partial charge in [-0.3, -0.25) is 0 Å². The summed E-state index contributed by atoms with van der Waals surface area (Å²) in [5, 5.41) is 9.62. The summed E-state index contributed by atoms with van der Waals surface area (Å²) < 4.78 is 0. The van der Waals surface area contributed by atoms with Crippen LogP contribution in [-0.4, -0.2) is 11.1 Å². The van der Waals surface area contributed by atoms with Crippen molar-refractivity contribution in [2.75, 3.05) is 4.90 Å². The van der Waals surface area contributed by atoms with Gasteiger partial charge in [0.2, 0.25) is 0 Å². The number of hydrogen-bond acceptors (Lipinski definition) is 2. The lowest BCUT2D eigenvalue weighted by molar-refractivity contribution is 0.0697. The van der Waals surface area contributed by atoms with E-state index in [4.69, 9.17) is 0 Å². The quantitative estimate of drug-likeness (QED) is 0.686. The molecule has 1 N–H and O–H groups in total. The van der Waals surface area contributed by atoms with Crippen molar-refractivity contribution in [1.82, 2.24) is 0 Å². The van der Waals surface area contributed by atoms with Crippen molar-refractivity contribution >= 4 is 17.3 Å². The molecule has 0 atom stereocenters. The number of para-hydroxylation sites is 1. The highest BCUT2D eigenvalue weighted by atomic mass is 16.4. The van der Waals surface area contributed by atoms with Crippen LogP contribution in [0, 0.1) is 13.8 Å². The first-order chi connectivity index (χ1) is 12.1. The second-order valence-electron chi connectivity index (χ2n) is 6.11. The van der Waals surface area contributed by atoms with E-state index >= 15 is 0 Å². The van der Waals surface area contributed by atoms with Gasteiger partial charge in [0.1, 0.15) is 0 Å². The number of aryl methyl sites for hydroxylation is 1. The van der Waals surface area contributed by atoms with E-state index in [0.717, 1.165) is 16.8 Å². The molecule has 3 nitrogen and oxygen atoms in total. The van der Waals surface area contributed by atoms with E-state index in [0.29, 0.717) is 17.8 Å². The first-order valence-electron chi connectivity index (χ1n) is 8.28. The minimum atomic E-state index is -0.918. The Kier molecular flexibility index (Phi) is 4.85. The molecule has 0 bridgehead atoms. The number of benzene rings is 3. The van der Waals surface area contributed by atoms with Crippen molar-refractivity contribution in [2.45, 2.75) is 20.4 Å². The Bertz CT molecular complexity index is 888. The third-order valence-corrected chi connectivity index (χ3v) is 4.48. The van der Waals surface area contributed by atoms with Gasteiger partial charge in [-0.2, -0.15) is 0 Å². The molecule has 0 spiro atoms. The van der Waals surface area contributed by atoms with E-state index in [1.54, 1.807) is 12.1 Å². The van der Waals surface area contributed by atoms with Crippen molar-refractivity contribution in [3.63, 3.8) is 0 Å². The Morgan fingerprint density at radius 1 is 0.840 bits per heavy atom. The van der Waals surface area contributed by atoms with Gasteiger partial charge < -0.3 is 10.0 Å². The zero-order valence-corrected chi connectivity index (χ0v) is 14.4. The Labute approximate surface area is 148 Å². The molecule has 0 radical (unpaired) electrons. The van der Waals surface area contributed by atoms with Crippen LogP contribution in [0.15, 0.2) is 72.8 Å². The third kappa shape index (κ3) is 3.56. The minimum Gasteiger partial charge on any atom is -0.478 e. The summed E-state index contributed by atoms with van der Waals surface area (Å²) in [4.78, 5) is 13.8. The minimum absolute atomic E-state index is 0.305. The van der Waals surface area contributed by atoms with Crippen molar-refractivity contribution in [3.05, 3.63) is 95.1 Å². The molecule has 0 saturated heterocycles. The molecule has 0 aromatic heterocycles. The Morgan fingerprint density at radius 2 is 1.48 bits per heavy atom. The second-order valence-corrected chi connectivity index (χ2v) is 6.11. The molecular weight excluding hydrogens is 310 g/mol.